The van der Waals surface area contributed by atoms with Crippen LogP contribution in [-0.2, 0) is 15.7 Å². The molecule has 1 aromatic rings. The van der Waals surface area contributed by atoms with Gasteiger partial charge in [-0.05, 0) is 24.1 Å². The molecule has 1 fully saturated rings. The van der Waals surface area contributed by atoms with Crippen molar-refractivity contribution < 1.29 is 22.7 Å². The van der Waals surface area contributed by atoms with Gasteiger partial charge in [0.15, 0.2) is 0 Å². The van der Waals surface area contributed by atoms with E-state index in [2.05, 4.69) is 0 Å². The highest BCUT2D eigenvalue weighted by Crippen LogP contribution is 2.32. The molecule has 86 valence electrons. The lowest BCUT2D eigenvalue weighted by atomic mass is 9.97. The summed E-state index contributed by atoms with van der Waals surface area (Å²) in [6.07, 6.45) is -3.81. The van der Waals surface area contributed by atoms with Gasteiger partial charge in [0.25, 0.3) is 0 Å². The molecule has 1 aromatic carbocycles. The van der Waals surface area contributed by atoms with Crippen LogP contribution in [-0.4, -0.2) is 12.6 Å². The van der Waals surface area contributed by atoms with E-state index in [-0.39, 0.29) is 5.97 Å². The van der Waals surface area contributed by atoms with Gasteiger partial charge in [-0.15, -0.1) is 0 Å². The zero-order valence-corrected chi connectivity index (χ0v) is 8.25. The fraction of sp³-hybridized carbons (Fsp3) is 0.364. The molecule has 0 bridgehead atoms. The van der Waals surface area contributed by atoms with Gasteiger partial charge in [0.1, 0.15) is 0 Å². The predicted octanol–water partition coefficient (Wildman–Crippen LogP) is 2.74. The number of rotatable bonds is 1. The molecule has 0 amide bonds. The van der Waals surface area contributed by atoms with Crippen LogP contribution in [0.25, 0.3) is 0 Å². The first kappa shape index (κ1) is 11.0. The third-order valence-corrected chi connectivity index (χ3v) is 2.58. The van der Waals surface area contributed by atoms with Crippen LogP contribution in [0.1, 0.15) is 23.5 Å². The van der Waals surface area contributed by atoms with Crippen LogP contribution >= 0.6 is 0 Å². The van der Waals surface area contributed by atoms with Gasteiger partial charge in [0.2, 0.25) is 0 Å². The number of hydrogen-bond donors (Lipinski definition) is 0. The van der Waals surface area contributed by atoms with Crippen molar-refractivity contribution in [2.24, 2.45) is 0 Å². The average Bonchev–Trinajstić information content (AvgIpc) is 2.63. The van der Waals surface area contributed by atoms with Gasteiger partial charge in [-0.25, -0.2) is 0 Å². The van der Waals surface area contributed by atoms with Crippen LogP contribution in [0.2, 0.25) is 0 Å². The Kier molecular flexibility index (Phi) is 2.61. The maximum Gasteiger partial charge on any atom is 0.416 e. The average molecular weight is 230 g/mol. The minimum atomic E-state index is -4.34. The Morgan fingerprint density at radius 2 is 1.81 bits per heavy atom. The third-order valence-electron chi connectivity index (χ3n) is 2.58. The summed E-state index contributed by atoms with van der Waals surface area (Å²) in [5, 5.41) is 0. The Morgan fingerprint density at radius 3 is 2.25 bits per heavy atom. The summed E-state index contributed by atoms with van der Waals surface area (Å²) in [7, 11) is 0. The van der Waals surface area contributed by atoms with Gasteiger partial charge in [-0.1, -0.05) is 12.1 Å². The molecule has 1 aliphatic heterocycles. The van der Waals surface area contributed by atoms with E-state index in [1.807, 2.05) is 0 Å². The molecule has 0 saturated carbocycles. The zero-order valence-electron chi connectivity index (χ0n) is 8.25. The molecule has 0 aliphatic carbocycles. The molecule has 2 nitrogen and oxygen atoms in total. The Balaban J connectivity index is 2.22. The topological polar surface area (TPSA) is 26.3 Å². The molecular weight excluding hydrogens is 221 g/mol. The van der Waals surface area contributed by atoms with E-state index >= 15 is 0 Å². The normalized spacial score (nSPS) is 20.9. The lowest BCUT2D eigenvalue weighted by Crippen LogP contribution is -2.08. The Hall–Kier alpha value is -1.52. The minimum absolute atomic E-state index is 0.338. The van der Waals surface area contributed by atoms with Crippen molar-refractivity contribution in [3.63, 3.8) is 0 Å². The van der Waals surface area contributed by atoms with Gasteiger partial charge >= 0.3 is 12.1 Å². The number of alkyl halides is 3. The Morgan fingerprint density at radius 1 is 1.19 bits per heavy atom. The highest BCUT2D eigenvalue weighted by molar-refractivity contribution is 5.79. The van der Waals surface area contributed by atoms with Crippen molar-refractivity contribution in [3.05, 3.63) is 35.4 Å². The molecule has 2 rings (SSSR count). The summed E-state index contributed by atoms with van der Waals surface area (Å²) < 4.78 is 41.6. The summed E-state index contributed by atoms with van der Waals surface area (Å²) >= 11 is 0. The fourth-order valence-corrected chi connectivity index (χ4v) is 1.70. The number of esters is 1. The first-order valence-electron chi connectivity index (χ1n) is 4.82. The zero-order chi connectivity index (χ0) is 11.8. The van der Waals surface area contributed by atoms with Gasteiger partial charge in [0, 0.05) is 0 Å². The van der Waals surface area contributed by atoms with Crippen LogP contribution in [0, 0.1) is 0 Å². The first-order valence-corrected chi connectivity index (χ1v) is 4.82. The summed E-state index contributed by atoms with van der Waals surface area (Å²) in [5.74, 6) is -0.776. The molecule has 0 aromatic heterocycles. The van der Waals surface area contributed by atoms with E-state index in [1.54, 1.807) is 0 Å². The van der Waals surface area contributed by atoms with E-state index in [4.69, 9.17) is 4.74 Å². The standard InChI is InChI=1S/C11H9F3O2/c12-11(13,14)8-3-1-7(2-4-8)9-5-6-16-10(9)15/h1-4,9H,5-6H2/t9-/m1/s1. The summed E-state index contributed by atoms with van der Waals surface area (Å²) in [6, 6.07) is 4.64. The highest BCUT2D eigenvalue weighted by Gasteiger charge is 2.32. The molecular formula is C11H9F3O2. The Bertz CT molecular complexity index is 395. The molecule has 0 radical (unpaired) electrons. The van der Waals surface area contributed by atoms with Crippen LogP contribution in [0.15, 0.2) is 24.3 Å². The number of carbonyl (C=O) groups is 1. The molecule has 1 saturated heterocycles. The number of carbonyl (C=O) groups excluding carboxylic acids is 1. The minimum Gasteiger partial charge on any atom is -0.465 e. The summed E-state index contributed by atoms with van der Waals surface area (Å²) in [4.78, 5) is 11.2. The molecule has 16 heavy (non-hydrogen) atoms. The summed E-state index contributed by atoms with van der Waals surface area (Å²) in [5.41, 5.74) is -0.127. The van der Waals surface area contributed by atoms with Crippen LogP contribution in [0.5, 0.6) is 0 Å². The predicted molar refractivity (Wildman–Crippen MR) is 49.8 cm³/mol. The highest BCUT2D eigenvalue weighted by atomic mass is 19.4. The van der Waals surface area contributed by atoms with E-state index in [0.717, 1.165) is 12.1 Å². The van der Waals surface area contributed by atoms with E-state index in [9.17, 15) is 18.0 Å². The molecule has 5 heteroatoms. The van der Waals surface area contributed by atoms with Gasteiger partial charge < -0.3 is 4.74 Å². The largest absolute Gasteiger partial charge is 0.465 e. The third kappa shape index (κ3) is 2.03. The Labute approximate surface area is 90.0 Å². The maximum absolute atomic E-state index is 12.3. The number of hydrogen-bond acceptors (Lipinski definition) is 2. The lowest BCUT2D eigenvalue weighted by molar-refractivity contribution is -0.139. The van der Waals surface area contributed by atoms with Gasteiger partial charge in [-0.2, -0.15) is 13.2 Å². The lowest BCUT2D eigenvalue weighted by Gasteiger charge is -2.09. The van der Waals surface area contributed by atoms with Crippen LogP contribution in [0.4, 0.5) is 13.2 Å². The number of ether oxygens (including phenoxy) is 1. The van der Waals surface area contributed by atoms with Crippen LogP contribution < -0.4 is 0 Å². The second-order valence-corrected chi connectivity index (χ2v) is 3.63. The van der Waals surface area contributed by atoms with Crippen LogP contribution in [0.3, 0.4) is 0 Å². The molecule has 0 spiro atoms. The molecule has 0 unspecified atom stereocenters. The number of halogens is 3. The monoisotopic (exact) mass is 230 g/mol. The molecule has 1 heterocycles. The van der Waals surface area contributed by atoms with E-state index in [0.29, 0.717) is 18.6 Å². The number of benzene rings is 1. The molecule has 1 aliphatic rings. The maximum atomic E-state index is 12.3. The van der Waals surface area contributed by atoms with Gasteiger partial charge in [-0.3, -0.25) is 4.79 Å². The van der Waals surface area contributed by atoms with Crippen molar-refractivity contribution in [3.8, 4) is 0 Å². The molecule has 0 N–H and O–H groups in total. The molecule has 1 atom stereocenters. The smallest absolute Gasteiger partial charge is 0.416 e. The SMILES string of the molecule is O=C1OCC[C@@H]1c1ccc(C(F)(F)F)cc1. The van der Waals surface area contributed by atoms with Gasteiger partial charge in [0.05, 0.1) is 18.1 Å². The van der Waals surface area contributed by atoms with Crippen molar-refractivity contribution in [1.82, 2.24) is 0 Å². The van der Waals surface area contributed by atoms with Crippen molar-refractivity contribution in [1.29, 1.82) is 0 Å². The van der Waals surface area contributed by atoms with Crippen molar-refractivity contribution in [2.45, 2.75) is 18.5 Å². The quantitative estimate of drug-likeness (QED) is 0.693. The summed E-state index contributed by atoms with van der Waals surface area (Å²) in [6.45, 7) is 0.338. The van der Waals surface area contributed by atoms with Crippen molar-refractivity contribution in [2.75, 3.05) is 6.61 Å². The van der Waals surface area contributed by atoms with E-state index in [1.165, 1.54) is 12.1 Å². The second kappa shape index (κ2) is 3.81. The van der Waals surface area contributed by atoms with E-state index < -0.39 is 17.7 Å². The second-order valence-electron chi connectivity index (χ2n) is 3.63. The first-order chi connectivity index (χ1) is 7.48. The fourth-order valence-electron chi connectivity index (χ4n) is 1.70. The number of cyclic esters (lactones) is 1. The van der Waals surface area contributed by atoms with Crippen molar-refractivity contribution >= 4 is 5.97 Å².